The third kappa shape index (κ3) is 3.99. The Morgan fingerprint density at radius 1 is 1.20 bits per heavy atom. The van der Waals surface area contributed by atoms with Crippen molar-refractivity contribution in [3.05, 3.63) is 29.8 Å². The number of benzene rings is 1. The van der Waals surface area contributed by atoms with Crippen LogP contribution in [0.15, 0.2) is 24.3 Å². The summed E-state index contributed by atoms with van der Waals surface area (Å²) >= 11 is 0. The standard InChI is InChI=1S/C18H29NO/c1-4-20-17-11-7-6-10-16(17)15(2)19-14-18(3)12-8-5-9-13-18/h6-7,10-11,15,19H,4-5,8-9,12-14H2,1-3H3. The average Bonchev–Trinajstić information content (AvgIpc) is 2.47. The molecule has 1 aromatic rings. The van der Waals surface area contributed by atoms with Crippen molar-refractivity contribution in [3.63, 3.8) is 0 Å². The number of nitrogens with one attached hydrogen (secondary N) is 1. The lowest BCUT2D eigenvalue weighted by molar-refractivity contribution is 0.201. The fourth-order valence-electron chi connectivity index (χ4n) is 3.22. The Labute approximate surface area is 123 Å². The van der Waals surface area contributed by atoms with Crippen molar-refractivity contribution in [3.8, 4) is 5.75 Å². The van der Waals surface area contributed by atoms with E-state index in [0.29, 0.717) is 11.5 Å². The summed E-state index contributed by atoms with van der Waals surface area (Å²) in [7, 11) is 0. The number of ether oxygens (including phenoxy) is 1. The maximum absolute atomic E-state index is 5.74. The fourth-order valence-corrected chi connectivity index (χ4v) is 3.22. The van der Waals surface area contributed by atoms with E-state index in [1.807, 2.05) is 13.0 Å². The van der Waals surface area contributed by atoms with Crippen LogP contribution in [0, 0.1) is 5.41 Å². The van der Waals surface area contributed by atoms with Crippen molar-refractivity contribution < 1.29 is 4.74 Å². The molecule has 1 N–H and O–H groups in total. The molecule has 0 aliphatic heterocycles. The molecule has 2 heteroatoms. The maximum atomic E-state index is 5.74. The zero-order valence-electron chi connectivity index (χ0n) is 13.2. The fraction of sp³-hybridized carbons (Fsp3) is 0.667. The minimum atomic E-state index is 0.344. The van der Waals surface area contributed by atoms with Crippen LogP contribution in [0.1, 0.15) is 64.5 Å². The highest BCUT2D eigenvalue weighted by Crippen LogP contribution is 2.36. The quantitative estimate of drug-likeness (QED) is 0.812. The second-order valence-corrected chi connectivity index (χ2v) is 6.44. The molecule has 0 bridgehead atoms. The van der Waals surface area contributed by atoms with Crippen molar-refractivity contribution in [1.82, 2.24) is 5.32 Å². The van der Waals surface area contributed by atoms with E-state index in [0.717, 1.165) is 18.9 Å². The molecule has 1 aliphatic rings. The minimum Gasteiger partial charge on any atom is -0.494 e. The van der Waals surface area contributed by atoms with Gasteiger partial charge in [0.2, 0.25) is 0 Å². The van der Waals surface area contributed by atoms with Crippen LogP contribution in [0.5, 0.6) is 5.75 Å². The van der Waals surface area contributed by atoms with Crippen LogP contribution in [0.4, 0.5) is 0 Å². The first-order valence-electron chi connectivity index (χ1n) is 8.10. The third-order valence-corrected chi connectivity index (χ3v) is 4.58. The Kier molecular flexibility index (Phi) is 5.47. The predicted molar refractivity (Wildman–Crippen MR) is 85.2 cm³/mol. The van der Waals surface area contributed by atoms with Gasteiger partial charge in [-0.15, -0.1) is 0 Å². The Morgan fingerprint density at radius 3 is 2.60 bits per heavy atom. The molecular weight excluding hydrogens is 246 g/mol. The van der Waals surface area contributed by atoms with Crippen molar-refractivity contribution in [2.45, 2.75) is 58.9 Å². The molecule has 0 aromatic heterocycles. The van der Waals surface area contributed by atoms with E-state index in [4.69, 9.17) is 4.74 Å². The highest BCUT2D eigenvalue weighted by Gasteiger charge is 2.27. The molecular formula is C18H29NO. The van der Waals surface area contributed by atoms with E-state index in [1.165, 1.54) is 37.7 Å². The van der Waals surface area contributed by atoms with E-state index < -0.39 is 0 Å². The first-order chi connectivity index (χ1) is 9.64. The van der Waals surface area contributed by atoms with Gasteiger partial charge in [-0.1, -0.05) is 44.4 Å². The number of hydrogen-bond donors (Lipinski definition) is 1. The predicted octanol–water partition coefficient (Wildman–Crippen LogP) is 4.71. The molecule has 2 nitrogen and oxygen atoms in total. The zero-order valence-corrected chi connectivity index (χ0v) is 13.2. The summed E-state index contributed by atoms with van der Waals surface area (Å²) < 4.78 is 5.74. The molecule has 0 radical (unpaired) electrons. The molecule has 112 valence electrons. The van der Waals surface area contributed by atoms with Crippen molar-refractivity contribution in [1.29, 1.82) is 0 Å². The largest absolute Gasteiger partial charge is 0.494 e. The van der Waals surface area contributed by atoms with Crippen molar-refractivity contribution >= 4 is 0 Å². The second kappa shape index (κ2) is 7.12. The number of rotatable bonds is 6. The van der Waals surface area contributed by atoms with E-state index in [9.17, 15) is 0 Å². The number of para-hydroxylation sites is 1. The van der Waals surface area contributed by atoms with Gasteiger partial charge in [-0.25, -0.2) is 0 Å². The van der Waals surface area contributed by atoms with Crippen LogP contribution >= 0.6 is 0 Å². The number of hydrogen-bond acceptors (Lipinski definition) is 2. The monoisotopic (exact) mass is 275 g/mol. The van der Waals surface area contributed by atoms with Gasteiger partial charge in [-0.2, -0.15) is 0 Å². The van der Waals surface area contributed by atoms with Gasteiger partial charge in [0, 0.05) is 18.2 Å². The summed E-state index contributed by atoms with van der Waals surface area (Å²) in [6.45, 7) is 8.54. The Bertz CT molecular complexity index is 410. The molecule has 0 saturated heterocycles. The van der Waals surface area contributed by atoms with Gasteiger partial charge in [0.1, 0.15) is 5.75 Å². The molecule has 1 atom stereocenters. The summed E-state index contributed by atoms with van der Waals surface area (Å²) in [5.41, 5.74) is 1.75. The summed E-state index contributed by atoms with van der Waals surface area (Å²) in [5.74, 6) is 1.02. The molecule has 1 aromatic carbocycles. The van der Waals surface area contributed by atoms with Gasteiger partial charge in [0.05, 0.1) is 6.61 Å². The topological polar surface area (TPSA) is 21.3 Å². The first-order valence-corrected chi connectivity index (χ1v) is 8.10. The van der Waals surface area contributed by atoms with Crippen LogP contribution in [-0.2, 0) is 0 Å². The molecule has 0 spiro atoms. The first kappa shape index (κ1) is 15.4. The molecule has 1 fully saturated rings. The van der Waals surface area contributed by atoms with Gasteiger partial charge < -0.3 is 10.1 Å². The van der Waals surface area contributed by atoms with Crippen LogP contribution in [0.25, 0.3) is 0 Å². The summed E-state index contributed by atoms with van der Waals surface area (Å²) in [6.07, 6.45) is 6.92. The van der Waals surface area contributed by atoms with Crippen LogP contribution in [0.2, 0.25) is 0 Å². The summed E-state index contributed by atoms with van der Waals surface area (Å²) in [6, 6.07) is 8.73. The molecule has 2 rings (SSSR count). The Balaban J connectivity index is 1.95. The lowest BCUT2D eigenvalue weighted by Crippen LogP contribution is -2.35. The van der Waals surface area contributed by atoms with Crippen molar-refractivity contribution in [2.75, 3.05) is 13.2 Å². The zero-order chi connectivity index (χ0) is 14.4. The van der Waals surface area contributed by atoms with Gasteiger partial charge in [0.25, 0.3) is 0 Å². The van der Waals surface area contributed by atoms with E-state index in [2.05, 4.69) is 37.4 Å². The third-order valence-electron chi connectivity index (χ3n) is 4.58. The SMILES string of the molecule is CCOc1ccccc1C(C)NCC1(C)CCCCC1. The van der Waals surface area contributed by atoms with E-state index >= 15 is 0 Å². The highest BCUT2D eigenvalue weighted by molar-refractivity contribution is 5.35. The lowest BCUT2D eigenvalue weighted by atomic mass is 9.75. The molecule has 0 heterocycles. The Morgan fingerprint density at radius 2 is 1.90 bits per heavy atom. The Hall–Kier alpha value is -1.02. The molecule has 0 amide bonds. The molecule has 1 unspecified atom stereocenters. The molecule has 1 aliphatic carbocycles. The highest BCUT2D eigenvalue weighted by atomic mass is 16.5. The van der Waals surface area contributed by atoms with Crippen molar-refractivity contribution in [2.24, 2.45) is 5.41 Å². The van der Waals surface area contributed by atoms with Gasteiger partial charge in [-0.3, -0.25) is 0 Å². The summed E-state index contributed by atoms with van der Waals surface area (Å²) in [4.78, 5) is 0. The normalized spacial score (nSPS) is 19.6. The lowest BCUT2D eigenvalue weighted by Gasteiger charge is -2.35. The summed E-state index contributed by atoms with van der Waals surface area (Å²) in [5, 5.41) is 3.73. The second-order valence-electron chi connectivity index (χ2n) is 6.44. The molecule has 1 saturated carbocycles. The van der Waals surface area contributed by atoms with Gasteiger partial charge in [-0.05, 0) is 38.2 Å². The van der Waals surface area contributed by atoms with Gasteiger partial charge in [0.15, 0.2) is 0 Å². The minimum absolute atomic E-state index is 0.344. The maximum Gasteiger partial charge on any atom is 0.124 e. The van der Waals surface area contributed by atoms with Crippen LogP contribution < -0.4 is 10.1 Å². The van der Waals surface area contributed by atoms with Gasteiger partial charge >= 0.3 is 0 Å². The smallest absolute Gasteiger partial charge is 0.124 e. The molecule has 20 heavy (non-hydrogen) atoms. The van der Waals surface area contributed by atoms with E-state index in [-0.39, 0.29) is 0 Å². The van der Waals surface area contributed by atoms with E-state index in [1.54, 1.807) is 0 Å². The van der Waals surface area contributed by atoms with Crippen LogP contribution in [-0.4, -0.2) is 13.2 Å². The van der Waals surface area contributed by atoms with Crippen LogP contribution in [0.3, 0.4) is 0 Å². The average molecular weight is 275 g/mol.